The molecule has 7 rings (SSSR count). The second-order valence-electron chi connectivity index (χ2n) is 10.5. The van der Waals surface area contributed by atoms with Gasteiger partial charge in [0.2, 0.25) is 0 Å². The number of carbonyl (C=O) groups excluding carboxylic acids is 1. The summed E-state index contributed by atoms with van der Waals surface area (Å²) >= 11 is 0. The van der Waals surface area contributed by atoms with Gasteiger partial charge in [0.1, 0.15) is 23.8 Å². The van der Waals surface area contributed by atoms with Crippen LogP contribution >= 0.6 is 0 Å². The standard InChI is InChI=1S/C25H28F2N4O/c26-18-1-2-21(27)20(8-18)24(32)31-4-3-19-22(12-31)29-14-30-23(19)28-13-25-9-15-5-16(10-25)7-17(6-15)11-25/h1-2,8,14-17H,3-7,9-13H2,(H,28,29,30). The normalized spacial score (nSPS) is 30.3. The molecule has 1 amide bonds. The van der Waals surface area contributed by atoms with Crippen molar-refractivity contribution in [2.75, 3.05) is 18.4 Å². The fourth-order valence-electron chi connectivity index (χ4n) is 7.29. The third-order valence-corrected chi connectivity index (χ3v) is 8.25. The number of hydrogen-bond acceptors (Lipinski definition) is 4. The first-order valence-electron chi connectivity index (χ1n) is 11.8. The predicted octanol–water partition coefficient (Wildman–Crippen LogP) is 4.58. The van der Waals surface area contributed by atoms with Crippen molar-refractivity contribution in [2.45, 2.75) is 51.5 Å². The summed E-state index contributed by atoms with van der Waals surface area (Å²) in [4.78, 5) is 23.3. The highest BCUT2D eigenvalue weighted by Gasteiger charge is 2.50. The Labute approximate surface area is 186 Å². The van der Waals surface area contributed by atoms with Crippen LogP contribution in [0.1, 0.15) is 60.1 Å². The molecule has 0 radical (unpaired) electrons. The Bertz CT molecular complexity index is 1040. The van der Waals surface area contributed by atoms with Crippen LogP contribution in [0.5, 0.6) is 0 Å². The Morgan fingerprint density at radius 2 is 1.81 bits per heavy atom. The summed E-state index contributed by atoms with van der Waals surface area (Å²) in [5.41, 5.74) is 1.99. The molecule has 168 valence electrons. The highest BCUT2D eigenvalue weighted by atomic mass is 19.1. The van der Waals surface area contributed by atoms with Gasteiger partial charge < -0.3 is 10.2 Å². The van der Waals surface area contributed by atoms with Gasteiger partial charge >= 0.3 is 0 Å². The van der Waals surface area contributed by atoms with Crippen LogP contribution in [0.25, 0.3) is 0 Å². The van der Waals surface area contributed by atoms with E-state index in [0.29, 0.717) is 18.4 Å². The van der Waals surface area contributed by atoms with E-state index in [1.165, 1.54) is 49.8 Å². The van der Waals surface area contributed by atoms with Gasteiger partial charge in [-0.3, -0.25) is 4.79 Å². The van der Waals surface area contributed by atoms with Gasteiger partial charge in [0.15, 0.2) is 0 Å². The first kappa shape index (κ1) is 20.1. The zero-order valence-electron chi connectivity index (χ0n) is 18.1. The lowest BCUT2D eigenvalue weighted by molar-refractivity contribution is -0.0444. The highest BCUT2D eigenvalue weighted by Crippen LogP contribution is 2.59. The van der Waals surface area contributed by atoms with Gasteiger partial charge in [0.25, 0.3) is 5.91 Å². The molecule has 5 aliphatic rings. The molecule has 4 saturated carbocycles. The first-order valence-corrected chi connectivity index (χ1v) is 11.8. The molecule has 0 saturated heterocycles. The topological polar surface area (TPSA) is 58.1 Å². The van der Waals surface area contributed by atoms with Crippen LogP contribution in [0.3, 0.4) is 0 Å². The number of fused-ring (bicyclic) bond motifs is 1. The summed E-state index contributed by atoms with van der Waals surface area (Å²) in [6, 6.07) is 2.98. The van der Waals surface area contributed by atoms with Crippen molar-refractivity contribution in [2.24, 2.45) is 23.2 Å². The smallest absolute Gasteiger partial charge is 0.257 e. The molecular formula is C25H28F2N4O. The second kappa shape index (κ2) is 7.49. The third kappa shape index (κ3) is 3.46. The van der Waals surface area contributed by atoms with Crippen LogP contribution in [-0.2, 0) is 13.0 Å². The number of halogens is 2. The molecule has 1 aromatic heterocycles. The Hall–Kier alpha value is -2.57. The molecule has 32 heavy (non-hydrogen) atoms. The van der Waals surface area contributed by atoms with Gasteiger partial charge in [-0.15, -0.1) is 0 Å². The summed E-state index contributed by atoms with van der Waals surface area (Å²) in [5, 5.41) is 3.66. The quantitative estimate of drug-likeness (QED) is 0.759. The molecule has 1 N–H and O–H groups in total. The molecule has 0 unspecified atom stereocenters. The Morgan fingerprint density at radius 3 is 2.53 bits per heavy atom. The van der Waals surface area contributed by atoms with Crippen LogP contribution in [-0.4, -0.2) is 33.9 Å². The number of rotatable bonds is 4. The average molecular weight is 439 g/mol. The van der Waals surface area contributed by atoms with Crippen molar-refractivity contribution >= 4 is 11.7 Å². The van der Waals surface area contributed by atoms with E-state index in [4.69, 9.17) is 0 Å². The number of hydrogen-bond donors (Lipinski definition) is 1. The van der Waals surface area contributed by atoms with Gasteiger partial charge in [-0.1, -0.05) is 0 Å². The van der Waals surface area contributed by atoms with E-state index in [1.807, 2.05) is 0 Å². The lowest BCUT2D eigenvalue weighted by Gasteiger charge is -2.57. The van der Waals surface area contributed by atoms with Crippen LogP contribution in [0.2, 0.25) is 0 Å². The van der Waals surface area contributed by atoms with Crippen LogP contribution < -0.4 is 5.32 Å². The molecule has 4 bridgehead atoms. The zero-order chi connectivity index (χ0) is 21.9. The SMILES string of the molecule is O=C(c1cc(F)ccc1F)N1CCc2c(ncnc2NCC23CC4CC(CC(C4)C2)C3)C1. The van der Waals surface area contributed by atoms with Gasteiger partial charge in [-0.05, 0) is 86.3 Å². The number of nitrogens with zero attached hydrogens (tertiary/aromatic N) is 3. The van der Waals surface area contributed by atoms with Gasteiger partial charge in [-0.25, -0.2) is 18.7 Å². The molecular weight excluding hydrogens is 410 g/mol. The molecule has 1 aromatic carbocycles. The predicted molar refractivity (Wildman–Crippen MR) is 116 cm³/mol. The minimum Gasteiger partial charge on any atom is -0.369 e. The number of benzene rings is 1. The van der Waals surface area contributed by atoms with Crippen molar-refractivity contribution in [3.8, 4) is 0 Å². The molecule has 0 spiro atoms. The average Bonchev–Trinajstić information content (AvgIpc) is 2.77. The van der Waals surface area contributed by atoms with Crippen molar-refractivity contribution in [1.29, 1.82) is 0 Å². The first-order chi connectivity index (χ1) is 15.5. The molecule has 5 nitrogen and oxygen atoms in total. The summed E-state index contributed by atoms with van der Waals surface area (Å²) in [5.74, 6) is 1.76. The number of carbonyl (C=O) groups is 1. The lowest BCUT2D eigenvalue weighted by Crippen LogP contribution is -2.49. The monoisotopic (exact) mass is 438 g/mol. The molecule has 4 fully saturated rings. The largest absolute Gasteiger partial charge is 0.369 e. The molecule has 2 aromatic rings. The maximum Gasteiger partial charge on any atom is 0.257 e. The lowest BCUT2D eigenvalue weighted by atomic mass is 9.49. The zero-order valence-corrected chi connectivity index (χ0v) is 18.1. The fraction of sp³-hybridized carbons (Fsp3) is 0.560. The molecule has 4 aliphatic carbocycles. The fourth-order valence-corrected chi connectivity index (χ4v) is 7.29. The minimum absolute atomic E-state index is 0.234. The highest BCUT2D eigenvalue weighted by molar-refractivity contribution is 5.94. The van der Waals surface area contributed by atoms with E-state index in [1.54, 1.807) is 0 Å². The van der Waals surface area contributed by atoms with Crippen molar-refractivity contribution < 1.29 is 13.6 Å². The van der Waals surface area contributed by atoms with Crippen LogP contribution in [0.4, 0.5) is 14.6 Å². The van der Waals surface area contributed by atoms with E-state index >= 15 is 0 Å². The van der Waals surface area contributed by atoms with E-state index in [9.17, 15) is 13.6 Å². The molecule has 7 heteroatoms. The molecule has 0 atom stereocenters. The summed E-state index contributed by atoms with van der Waals surface area (Å²) in [6.07, 6.45) is 10.4. The van der Waals surface area contributed by atoms with E-state index in [2.05, 4.69) is 15.3 Å². The van der Waals surface area contributed by atoms with Crippen LogP contribution in [0, 0.1) is 34.8 Å². The van der Waals surface area contributed by atoms with Crippen molar-refractivity contribution in [1.82, 2.24) is 14.9 Å². The minimum atomic E-state index is -0.706. The van der Waals surface area contributed by atoms with E-state index < -0.39 is 17.5 Å². The van der Waals surface area contributed by atoms with Crippen molar-refractivity contribution in [3.63, 3.8) is 0 Å². The third-order valence-electron chi connectivity index (χ3n) is 8.25. The number of aromatic nitrogens is 2. The molecule has 1 aliphatic heterocycles. The number of amides is 1. The van der Waals surface area contributed by atoms with Crippen LogP contribution in [0.15, 0.2) is 24.5 Å². The summed E-state index contributed by atoms with van der Waals surface area (Å²) in [6.45, 7) is 1.66. The Balaban J connectivity index is 1.18. The van der Waals surface area contributed by atoms with Crippen molar-refractivity contribution in [3.05, 3.63) is 53.0 Å². The summed E-state index contributed by atoms with van der Waals surface area (Å²) in [7, 11) is 0. The molecule has 2 heterocycles. The Morgan fingerprint density at radius 1 is 1.09 bits per heavy atom. The number of nitrogens with one attached hydrogen (secondary N) is 1. The van der Waals surface area contributed by atoms with Gasteiger partial charge in [0, 0.05) is 18.7 Å². The second-order valence-corrected chi connectivity index (χ2v) is 10.5. The van der Waals surface area contributed by atoms with E-state index in [-0.39, 0.29) is 12.1 Å². The maximum absolute atomic E-state index is 14.1. The van der Waals surface area contributed by atoms with E-state index in [0.717, 1.165) is 59.6 Å². The van der Waals surface area contributed by atoms with Gasteiger partial charge in [-0.2, -0.15) is 0 Å². The Kier molecular flexibility index (Phi) is 4.70. The maximum atomic E-state index is 14.1. The number of anilines is 1. The summed E-state index contributed by atoms with van der Waals surface area (Å²) < 4.78 is 27.6. The van der Waals surface area contributed by atoms with Gasteiger partial charge in [0.05, 0.1) is 17.8 Å².